The molecule has 5 nitrogen and oxygen atoms in total. The van der Waals surface area contributed by atoms with Crippen LogP contribution in [0.25, 0.3) is 0 Å². The molecule has 0 spiro atoms. The van der Waals surface area contributed by atoms with Crippen LogP contribution in [0.15, 0.2) is 42.5 Å². The highest BCUT2D eigenvalue weighted by molar-refractivity contribution is 5.94. The van der Waals surface area contributed by atoms with Gasteiger partial charge in [-0.2, -0.15) is 0 Å². The van der Waals surface area contributed by atoms with E-state index in [2.05, 4.69) is 5.32 Å². The highest BCUT2D eigenvalue weighted by atomic mass is 16.4. The molecule has 0 amide bonds. The molecule has 0 fully saturated rings. The lowest BCUT2D eigenvalue weighted by atomic mass is 10.1. The van der Waals surface area contributed by atoms with Crippen molar-refractivity contribution in [2.24, 2.45) is 0 Å². The van der Waals surface area contributed by atoms with Crippen LogP contribution in [0.2, 0.25) is 0 Å². The van der Waals surface area contributed by atoms with E-state index in [4.69, 9.17) is 10.8 Å². The van der Waals surface area contributed by atoms with Crippen LogP contribution in [0.4, 0.5) is 17.1 Å². The second kappa shape index (κ2) is 5.44. The molecule has 102 valence electrons. The maximum atomic E-state index is 11.2. The number of carboxylic acid groups (broad SMARTS) is 1. The topological polar surface area (TPSA) is 92.4 Å². The molecule has 2 aromatic rings. The van der Waals surface area contributed by atoms with Gasteiger partial charge in [-0.25, -0.2) is 4.79 Å². The predicted molar refractivity (Wildman–Crippen MR) is 77.5 cm³/mol. The second-order valence-electron chi connectivity index (χ2n) is 4.37. The lowest BCUT2D eigenvalue weighted by Crippen LogP contribution is -2.01. The Morgan fingerprint density at radius 3 is 2.15 bits per heavy atom. The summed E-state index contributed by atoms with van der Waals surface area (Å²) in [5, 5.41) is 11.9. The Hall–Kier alpha value is -2.82. The van der Waals surface area contributed by atoms with Crippen molar-refractivity contribution in [1.82, 2.24) is 0 Å². The molecule has 4 N–H and O–H groups in total. The molecular formula is C15H14N2O3. The minimum atomic E-state index is -1.02. The van der Waals surface area contributed by atoms with Crippen LogP contribution in [0.5, 0.6) is 0 Å². The standard InChI is InChI=1S/C15H14N2O3/c1-9(18)10-2-5-12(6-3-10)17-14-7-4-11(15(19)20)8-13(14)16/h2-8,17H,16H2,1H3,(H,19,20). The van der Waals surface area contributed by atoms with E-state index in [-0.39, 0.29) is 11.3 Å². The molecule has 0 radical (unpaired) electrons. The van der Waals surface area contributed by atoms with Crippen LogP contribution >= 0.6 is 0 Å². The van der Waals surface area contributed by atoms with Crippen molar-refractivity contribution in [3.8, 4) is 0 Å². The Kier molecular flexibility index (Phi) is 3.70. The third-order valence-electron chi connectivity index (χ3n) is 2.87. The molecule has 0 saturated heterocycles. The smallest absolute Gasteiger partial charge is 0.335 e. The maximum Gasteiger partial charge on any atom is 0.335 e. The monoisotopic (exact) mass is 270 g/mol. The van der Waals surface area contributed by atoms with Crippen molar-refractivity contribution < 1.29 is 14.7 Å². The van der Waals surface area contributed by atoms with E-state index in [9.17, 15) is 9.59 Å². The van der Waals surface area contributed by atoms with E-state index < -0.39 is 5.97 Å². The van der Waals surface area contributed by atoms with E-state index in [1.54, 1.807) is 30.3 Å². The van der Waals surface area contributed by atoms with Crippen molar-refractivity contribution >= 4 is 28.8 Å². The molecule has 0 heterocycles. The average Bonchev–Trinajstić information content (AvgIpc) is 2.41. The van der Waals surface area contributed by atoms with E-state index in [1.165, 1.54) is 19.1 Å². The Balaban J connectivity index is 2.21. The van der Waals surface area contributed by atoms with Crippen LogP contribution in [0.3, 0.4) is 0 Å². The summed E-state index contributed by atoms with van der Waals surface area (Å²) in [6.07, 6.45) is 0. The number of Topliss-reactive ketones (excluding diaryl/α,β-unsaturated/α-hetero) is 1. The Morgan fingerprint density at radius 1 is 1.05 bits per heavy atom. The van der Waals surface area contributed by atoms with Gasteiger partial charge in [0, 0.05) is 11.3 Å². The summed E-state index contributed by atoms with van der Waals surface area (Å²) in [4.78, 5) is 22.0. The third kappa shape index (κ3) is 2.95. The van der Waals surface area contributed by atoms with Gasteiger partial charge in [0.05, 0.1) is 16.9 Å². The number of benzene rings is 2. The summed E-state index contributed by atoms with van der Waals surface area (Å²) in [6.45, 7) is 1.51. The highest BCUT2D eigenvalue weighted by Gasteiger charge is 2.06. The normalized spacial score (nSPS) is 10.1. The molecule has 2 aromatic carbocycles. The van der Waals surface area contributed by atoms with Crippen LogP contribution in [-0.2, 0) is 0 Å². The Labute approximate surface area is 116 Å². The van der Waals surface area contributed by atoms with E-state index in [0.717, 1.165) is 5.69 Å². The van der Waals surface area contributed by atoms with E-state index in [1.807, 2.05) is 0 Å². The first-order chi connectivity index (χ1) is 9.47. The minimum Gasteiger partial charge on any atom is -0.478 e. The largest absolute Gasteiger partial charge is 0.478 e. The molecule has 0 aliphatic carbocycles. The number of carboxylic acids is 1. The second-order valence-corrected chi connectivity index (χ2v) is 4.37. The first kappa shape index (κ1) is 13.6. The molecule has 5 heteroatoms. The minimum absolute atomic E-state index is 0.00174. The molecule has 0 unspecified atom stereocenters. The quantitative estimate of drug-likeness (QED) is 0.586. The van der Waals surface area contributed by atoms with Crippen LogP contribution in [-0.4, -0.2) is 16.9 Å². The number of nitrogen functional groups attached to an aromatic ring is 1. The number of hydrogen-bond donors (Lipinski definition) is 3. The third-order valence-corrected chi connectivity index (χ3v) is 2.87. The van der Waals surface area contributed by atoms with Crippen LogP contribution in [0.1, 0.15) is 27.6 Å². The first-order valence-electron chi connectivity index (χ1n) is 5.98. The van der Waals surface area contributed by atoms with Gasteiger partial charge in [0.2, 0.25) is 0 Å². The fourth-order valence-electron chi connectivity index (χ4n) is 1.75. The molecule has 0 aromatic heterocycles. The summed E-state index contributed by atoms with van der Waals surface area (Å²) in [5.74, 6) is -1.02. The fourth-order valence-corrected chi connectivity index (χ4v) is 1.75. The number of rotatable bonds is 4. The van der Waals surface area contributed by atoms with Crippen molar-refractivity contribution in [3.63, 3.8) is 0 Å². The Morgan fingerprint density at radius 2 is 1.65 bits per heavy atom. The zero-order valence-corrected chi connectivity index (χ0v) is 10.9. The molecule has 0 saturated carbocycles. The number of aromatic carboxylic acids is 1. The maximum absolute atomic E-state index is 11.2. The molecule has 20 heavy (non-hydrogen) atoms. The van der Waals surface area contributed by atoms with Gasteiger partial charge >= 0.3 is 5.97 Å². The van der Waals surface area contributed by atoms with Crippen LogP contribution < -0.4 is 11.1 Å². The number of carbonyl (C=O) groups is 2. The van der Waals surface area contributed by atoms with Gasteiger partial charge in [-0.15, -0.1) is 0 Å². The highest BCUT2D eigenvalue weighted by Crippen LogP contribution is 2.24. The SMILES string of the molecule is CC(=O)c1ccc(Nc2ccc(C(=O)O)cc2N)cc1. The lowest BCUT2D eigenvalue weighted by Gasteiger charge is -2.10. The van der Waals surface area contributed by atoms with Gasteiger partial charge in [-0.1, -0.05) is 0 Å². The summed E-state index contributed by atoms with van der Waals surface area (Å²) in [7, 11) is 0. The molecule has 0 atom stereocenters. The molecule has 0 bridgehead atoms. The number of hydrogen-bond acceptors (Lipinski definition) is 4. The number of ketones is 1. The number of anilines is 3. The van der Waals surface area contributed by atoms with Crippen LogP contribution in [0, 0.1) is 0 Å². The average molecular weight is 270 g/mol. The Bertz CT molecular complexity index is 663. The zero-order chi connectivity index (χ0) is 14.7. The number of carbonyl (C=O) groups excluding carboxylic acids is 1. The number of nitrogens with one attached hydrogen (secondary N) is 1. The predicted octanol–water partition coefficient (Wildman–Crippen LogP) is 2.91. The fraction of sp³-hybridized carbons (Fsp3) is 0.0667. The van der Waals surface area contributed by atoms with Gasteiger partial charge in [-0.05, 0) is 49.4 Å². The summed E-state index contributed by atoms with van der Waals surface area (Å²) < 4.78 is 0. The molecular weight excluding hydrogens is 256 g/mol. The summed E-state index contributed by atoms with van der Waals surface area (Å²) in [5.41, 5.74) is 8.31. The van der Waals surface area contributed by atoms with Crippen molar-refractivity contribution in [1.29, 1.82) is 0 Å². The van der Waals surface area contributed by atoms with E-state index >= 15 is 0 Å². The van der Waals surface area contributed by atoms with Gasteiger partial charge in [0.15, 0.2) is 5.78 Å². The lowest BCUT2D eigenvalue weighted by molar-refractivity contribution is 0.0696. The first-order valence-corrected chi connectivity index (χ1v) is 5.98. The molecule has 0 aliphatic heterocycles. The van der Waals surface area contributed by atoms with Crippen molar-refractivity contribution in [2.45, 2.75) is 6.92 Å². The summed E-state index contributed by atoms with van der Waals surface area (Å²) in [6, 6.07) is 11.4. The van der Waals surface area contributed by atoms with E-state index in [0.29, 0.717) is 16.9 Å². The molecule has 0 aliphatic rings. The zero-order valence-electron chi connectivity index (χ0n) is 10.9. The van der Waals surface area contributed by atoms with Crippen molar-refractivity contribution in [2.75, 3.05) is 11.1 Å². The summed E-state index contributed by atoms with van der Waals surface area (Å²) >= 11 is 0. The number of nitrogens with two attached hydrogens (primary N) is 1. The van der Waals surface area contributed by atoms with Gasteiger partial charge in [-0.3, -0.25) is 4.79 Å². The van der Waals surface area contributed by atoms with Gasteiger partial charge in [0.25, 0.3) is 0 Å². The van der Waals surface area contributed by atoms with Crippen molar-refractivity contribution in [3.05, 3.63) is 53.6 Å². The van der Waals surface area contributed by atoms with Gasteiger partial charge < -0.3 is 16.2 Å². The van der Waals surface area contributed by atoms with Gasteiger partial charge in [0.1, 0.15) is 0 Å². The molecule has 2 rings (SSSR count).